The number of nitrogens with zero attached hydrogens (tertiary/aromatic N) is 5. The number of fused-ring (bicyclic) bond motifs is 2. The van der Waals surface area contributed by atoms with Gasteiger partial charge in [0.05, 0.1) is 44.1 Å². The highest BCUT2D eigenvalue weighted by Crippen LogP contribution is 2.69. The Labute approximate surface area is 536 Å². The minimum Gasteiger partial charge on any atom is -0.496 e. The molecule has 0 amide bonds. The van der Waals surface area contributed by atoms with Crippen LogP contribution in [0.2, 0.25) is 0 Å². The SMILES string of the molecule is CC(C)C1CC2CCC1(C)C2(C)C.CC(C)C[C@@H](C(C)C)[C@@H](C)C(C)C.CC(C)Cc1ccccn1.CC(C)Cc1cccnc1.CC(C)Cc1ccncc1.COc1cc(OC)c(OC)cc1/C=C/CC(C)C.Cc1nc(C)c(CC(C)C)nc1C. The van der Waals surface area contributed by atoms with Crippen LogP contribution in [0.3, 0.4) is 0 Å². The minimum atomic E-state index is 0.613. The third-order valence-electron chi connectivity index (χ3n) is 17.9. The molecule has 87 heavy (non-hydrogen) atoms. The van der Waals surface area contributed by atoms with Crippen LogP contribution < -0.4 is 14.2 Å². The lowest BCUT2D eigenvalue weighted by Gasteiger charge is -2.41. The van der Waals surface area contributed by atoms with E-state index in [1.54, 1.807) is 21.3 Å². The molecule has 5 atom stereocenters. The van der Waals surface area contributed by atoms with Crippen LogP contribution in [0.15, 0.2) is 91.7 Å². The van der Waals surface area contributed by atoms with Crippen LogP contribution in [0, 0.1) is 109 Å². The monoisotopic (exact) mass is 1200 g/mol. The molecule has 0 N–H and O–H groups in total. The Kier molecular flexibility index (Phi) is 37.9. The van der Waals surface area contributed by atoms with Gasteiger partial charge in [0.25, 0.3) is 0 Å². The van der Waals surface area contributed by atoms with Crippen molar-refractivity contribution in [2.24, 2.45) is 87.8 Å². The first-order valence-corrected chi connectivity index (χ1v) is 33.7. The van der Waals surface area contributed by atoms with E-state index in [1.165, 1.54) is 42.5 Å². The zero-order valence-corrected chi connectivity index (χ0v) is 61.1. The van der Waals surface area contributed by atoms with Crippen molar-refractivity contribution in [1.29, 1.82) is 0 Å². The van der Waals surface area contributed by atoms with Crippen molar-refractivity contribution in [2.45, 2.75) is 231 Å². The fourth-order valence-corrected chi connectivity index (χ4v) is 12.3. The zero-order valence-electron chi connectivity index (χ0n) is 61.1. The molecule has 0 spiro atoms. The summed E-state index contributed by atoms with van der Waals surface area (Å²) in [5.74, 6) is 12.8. The second-order valence-electron chi connectivity index (χ2n) is 29.4. The standard InChI is InChI=1S/C15H22O3.C13H24.C13H28.C11H18N2.3C9H13N/c1-11(2)7-6-8-12-9-14(17-4)15(18-5)10-13(12)16-3;1-9(2)11-8-10-6-7-13(11,5)12(10,3)4;1-9(2)8-13(11(5)6)12(7)10(3)4;1-7(2)6-11-10(5)12-8(3)9(4)13-11;1-8(2)7-9-3-5-10-6-4-9;1-8(2)6-9-4-3-5-10-7-9;1-8(2)7-9-5-3-4-6-10-9/h6,8-11H,7H2,1-5H3;9-11H,6-8H2,1-5H3;9-13H,8H2,1-7H3;7H,6H2,1-5H3;3-6,8H,7H2,1-2H3;3-5,7-8H,6H2,1-2H3;3-6,8H,7H2,1-2H3/b8-6+;;;;;;/t;;12-,13-;;;;/m..0..../s1. The normalized spacial score (nSPS) is 17.1. The quantitative estimate of drug-likeness (QED) is 0.0761. The molecule has 8 nitrogen and oxygen atoms in total. The molecule has 2 bridgehead atoms. The largest absolute Gasteiger partial charge is 0.496 e. The number of aromatic nitrogens is 5. The first kappa shape index (κ1) is 79.9. The summed E-state index contributed by atoms with van der Waals surface area (Å²) in [7, 11) is 4.90. The third kappa shape index (κ3) is 29.8. The van der Waals surface area contributed by atoms with Gasteiger partial charge in [-0.15, -0.1) is 0 Å². The number of methoxy groups -OCH3 is 3. The summed E-state index contributed by atoms with van der Waals surface area (Å²) in [6, 6.07) is 18.1. The van der Waals surface area contributed by atoms with Gasteiger partial charge in [0.1, 0.15) is 5.75 Å². The highest BCUT2D eigenvalue weighted by atomic mass is 16.5. The molecule has 4 aromatic heterocycles. The van der Waals surface area contributed by atoms with Gasteiger partial charge in [-0.05, 0) is 214 Å². The Bertz CT molecular complexity index is 2480. The fraction of sp³-hybridized carbons (Fsp3) is 0.658. The molecule has 1 aromatic carbocycles. The van der Waals surface area contributed by atoms with Crippen LogP contribution in [0.5, 0.6) is 17.2 Å². The van der Waals surface area contributed by atoms with Gasteiger partial charge in [-0.2, -0.15) is 0 Å². The highest BCUT2D eigenvalue weighted by molar-refractivity contribution is 5.63. The maximum absolute atomic E-state index is 5.36. The summed E-state index contributed by atoms with van der Waals surface area (Å²) in [5.41, 5.74) is 10.5. The molecule has 0 aliphatic heterocycles. The summed E-state index contributed by atoms with van der Waals surface area (Å²) in [4.78, 5) is 21.2. The molecule has 7 rings (SSSR count). The van der Waals surface area contributed by atoms with Crippen molar-refractivity contribution in [2.75, 3.05) is 21.3 Å². The van der Waals surface area contributed by atoms with Crippen molar-refractivity contribution in [1.82, 2.24) is 24.9 Å². The Hall–Kier alpha value is -5.11. The van der Waals surface area contributed by atoms with Crippen molar-refractivity contribution < 1.29 is 14.2 Å². The molecule has 2 fully saturated rings. The molecule has 0 saturated heterocycles. The van der Waals surface area contributed by atoms with Crippen LogP contribution in [0.25, 0.3) is 6.08 Å². The maximum Gasteiger partial charge on any atom is 0.164 e. The molecular formula is C79H131N5O3. The van der Waals surface area contributed by atoms with Crippen LogP contribution >= 0.6 is 0 Å². The molecule has 0 radical (unpaired) electrons. The highest BCUT2D eigenvalue weighted by Gasteiger charge is 2.61. The molecule has 2 saturated carbocycles. The predicted octanol–water partition coefficient (Wildman–Crippen LogP) is 21.9. The molecule has 4 heterocycles. The summed E-state index contributed by atoms with van der Waals surface area (Å²) in [6.45, 7) is 57.0. The van der Waals surface area contributed by atoms with Crippen molar-refractivity contribution in [3.63, 3.8) is 0 Å². The number of pyridine rings is 3. The van der Waals surface area contributed by atoms with E-state index in [9.17, 15) is 0 Å². The van der Waals surface area contributed by atoms with Crippen LogP contribution in [-0.2, 0) is 25.7 Å². The van der Waals surface area contributed by atoms with Gasteiger partial charge >= 0.3 is 0 Å². The van der Waals surface area contributed by atoms with Crippen LogP contribution in [0.4, 0.5) is 0 Å². The minimum absolute atomic E-state index is 0.613. The molecule has 2 aliphatic rings. The summed E-state index contributed by atoms with van der Waals surface area (Å²) >= 11 is 0. The van der Waals surface area contributed by atoms with Gasteiger partial charge in [0, 0.05) is 48.3 Å². The lowest BCUT2D eigenvalue weighted by molar-refractivity contribution is 0.0766. The molecule has 5 aromatic rings. The molecule has 2 aliphatic carbocycles. The van der Waals surface area contributed by atoms with Crippen molar-refractivity contribution in [3.05, 3.63) is 137 Å². The lowest BCUT2D eigenvalue weighted by atomic mass is 9.64. The second-order valence-corrected chi connectivity index (χ2v) is 29.4. The van der Waals surface area contributed by atoms with Gasteiger partial charge in [0.15, 0.2) is 11.5 Å². The van der Waals surface area contributed by atoms with Gasteiger partial charge in [0.2, 0.25) is 0 Å². The van der Waals surface area contributed by atoms with E-state index in [2.05, 4.69) is 214 Å². The fourth-order valence-electron chi connectivity index (χ4n) is 12.3. The average molecular weight is 1200 g/mol. The van der Waals surface area contributed by atoms with E-state index in [4.69, 9.17) is 14.2 Å². The van der Waals surface area contributed by atoms with Gasteiger partial charge in [-0.3, -0.25) is 24.9 Å². The number of aryl methyl sites for hydroxylation is 3. The van der Waals surface area contributed by atoms with Crippen molar-refractivity contribution >= 4 is 6.08 Å². The topological polar surface area (TPSA) is 92.1 Å². The number of hydrogen-bond acceptors (Lipinski definition) is 8. The zero-order chi connectivity index (χ0) is 66.2. The second kappa shape index (κ2) is 41.2. The van der Waals surface area contributed by atoms with E-state index in [-0.39, 0.29) is 0 Å². The van der Waals surface area contributed by atoms with Gasteiger partial charge in [-0.1, -0.05) is 177 Å². The molecular weight excluding hydrogens is 1070 g/mol. The summed E-state index contributed by atoms with van der Waals surface area (Å²) in [6.07, 6.45) is 24.8. The van der Waals surface area contributed by atoms with E-state index in [1.807, 2.05) is 82.1 Å². The van der Waals surface area contributed by atoms with E-state index < -0.39 is 0 Å². The van der Waals surface area contributed by atoms with E-state index in [0.29, 0.717) is 40.1 Å². The Morgan fingerprint density at radius 3 is 1.53 bits per heavy atom. The number of allylic oxidation sites excluding steroid dienone is 1. The summed E-state index contributed by atoms with van der Waals surface area (Å²) < 4.78 is 15.9. The van der Waals surface area contributed by atoms with Crippen molar-refractivity contribution in [3.8, 4) is 17.2 Å². The molecule has 8 heteroatoms. The van der Waals surface area contributed by atoms with Gasteiger partial charge in [-0.25, -0.2) is 0 Å². The average Bonchev–Trinajstić information content (AvgIpc) is 1.60. The number of rotatable bonds is 20. The van der Waals surface area contributed by atoms with E-state index in [0.717, 1.165) is 125 Å². The molecule has 3 unspecified atom stereocenters. The lowest BCUT2D eigenvalue weighted by Crippen LogP contribution is -2.34. The van der Waals surface area contributed by atoms with Crippen LogP contribution in [-0.4, -0.2) is 46.2 Å². The van der Waals surface area contributed by atoms with E-state index >= 15 is 0 Å². The maximum atomic E-state index is 5.36. The summed E-state index contributed by atoms with van der Waals surface area (Å²) in [5, 5.41) is 0. The predicted molar refractivity (Wildman–Crippen MR) is 377 cm³/mol. The number of hydrogen-bond donors (Lipinski definition) is 0. The first-order chi connectivity index (χ1) is 40.7. The number of ether oxygens (including phenoxy) is 3. The molecule has 490 valence electrons. The Balaban J connectivity index is 0.000000512. The van der Waals surface area contributed by atoms with Crippen LogP contribution in [0.1, 0.15) is 230 Å². The smallest absolute Gasteiger partial charge is 0.164 e. The Morgan fingerprint density at radius 1 is 0.540 bits per heavy atom. The first-order valence-electron chi connectivity index (χ1n) is 33.7. The third-order valence-corrected chi connectivity index (χ3v) is 17.9. The Morgan fingerprint density at radius 2 is 1.10 bits per heavy atom. The van der Waals surface area contributed by atoms with Gasteiger partial charge < -0.3 is 14.2 Å². The number of benzene rings is 1.